The monoisotopic (exact) mass is 361 g/mol. The molecule has 0 fully saturated rings. The first kappa shape index (κ1) is 21.6. The van der Waals surface area contributed by atoms with Gasteiger partial charge in [0.15, 0.2) is 5.65 Å². The number of carbonyl (C=O) groups excluding carboxylic acids is 1. The molecule has 0 aliphatic heterocycles. The Bertz CT molecular complexity index is 657. The molecule has 8 heteroatoms. The summed E-state index contributed by atoms with van der Waals surface area (Å²) in [6.07, 6.45) is 1.09. The van der Waals surface area contributed by atoms with Gasteiger partial charge in [-0.25, -0.2) is 4.98 Å². The fourth-order valence-electron chi connectivity index (χ4n) is 2.41. The summed E-state index contributed by atoms with van der Waals surface area (Å²) in [4.78, 5) is 16.9. The largest absolute Gasteiger partial charge is 0.351 e. The van der Waals surface area contributed by atoms with Gasteiger partial charge >= 0.3 is 0 Å². The summed E-state index contributed by atoms with van der Waals surface area (Å²) in [6.45, 7) is 8.27. The van der Waals surface area contributed by atoms with E-state index >= 15 is 0 Å². The summed E-state index contributed by atoms with van der Waals surface area (Å²) in [6, 6.07) is 1.83. The molecule has 2 aromatic rings. The van der Waals surface area contributed by atoms with Crippen LogP contribution in [-0.4, -0.2) is 40.3 Å². The minimum absolute atomic E-state index is 0. The molecule has 2 heterocycles. The van der Waals surface area contributed by atoms with Gasteiger partial charge in [-0.1, -0.05) is 6.92 Å². The zero-order valence-electron chi connectivity index (χ0n) is 14.0. The Hall–Kier alpha value is -1.37. The molecule has 2 N–H and O–H groups in total. The van der Waals surface area contributed by atoms with E-state index in [0.29, 0.717) is 12.1 Å². The molecule has 23 heavy (non-hydrogen) atoms. The number of hydrogen-bond acceptors (Lipinski definition) is 4. The van der Waals surface area contributed by atoms with Crippen molar-refractivity contribution in [1.82, 2.24) is 25.4 Å². The molecule has 0 bridgehead atoms. The van der Waals surface area contributed by atoms with Gasteiger partial charge in [0.2, 0.25) is 0 Å². The van der Waals surface area contributed by atoms with Crippen molar-refractivity contribution in [2.75, 3.05) is 19.6 Å². The second-order valence-corrected chi connectivity index (χ2v) is 5.22. The number of rotatable bonds is 6. The van der Waals surface area contributed by atoms with E-state index in [-0.39, 0.29) is 30.7 Å². The molecule has 0 atom stereocenters. The van der Waals surface area contributed by atoms with E-state index in [1.807, 2.05) is 27.0 Å². The average Bonchev–Trinajstić information content (AvgIpc) is 2.72. The number of fused-ring (bicyclic) bond motifs is 1. The minimum Gasteiger partial charge on any atom is -0.351 e. The lowest BCUT2D eigenvalue weighted by Crippen LogP contribution is -2.32. The summed E-state index contributed by atoms with van der Waals surface area (Å²) < 4.78 is 1.72. The number of pyridine rings is 1. The highest BCUT2D eigenvalue weighted by Gasteiger charge is 2.17. The number of amides is 1. The van der Waals surface area contributed by atoms with Crippen LogP contribution in [0.3, 0.4) is 0 Å². The lowest BCUT2D eigenvalue weighted by atomic mass is 10.1. The number of aryl methyl sites for hydroxylation is 3. The van der Waals surface area contributed by atoms with Crippen LogP contribution in [0.15, 0.2) is 6.07 Å². The molecular formula is C15H25Cl2N5O. The minimum atomic E-state index is -0.0695. The zero-order valence-corrected chi connectivity index (χ0v) is 15.6. The average molecular weight is 362 g/mol. The quantitative estimate of drug-likeness (QED) is 0.773. The molecule has 2 rings (SSSR count). The molecule has 2 aromatic heterocycles. The summed E-state index contributed by atoms with van der Waals surface area (Å²) in [5, 5.41) is 11.4. The molecule has 1 amide bonds. The van der Waals surface area contributed by atoms with Crippen LogP contribution in [0.1, 0.15) is 35.1 Å². The number of carbonyl (C=O) groups is 1. The third-order valence-corrected chi connectivity index (χ3v) is 3.36. The van der Waals surface area contributed by atoms with Crippen molar-refractivity contribution in [3.63, 3.8) is 0 Å². The molecule has 0 spiro atoms. The molecule has 6 nitrogen and oxygen atoms in total. The van der Waals surface area contributed by atoms with Crippen LogP contribution in [0, 0.1) is 13.8 Å². The van der Waals surface area contributed by atoms with E-state index in [0.717, 1.165) is 41.9 Å². The Morgan fingerprint density at radius 3 is 2.57 bits per heavy atom. The highest BCUT2D eigenvalue weighted by atomic mass is 35.5. The summed E-state index contributed by atoms with van der Waals surface area (Å²) >= 11 is 0. The fraction of sp³-hybridized carbons (Fsp3) is 0.533. The normalized spacial score (nSPS) is 10.1. The second kappa shape index (κ2) is 9.70. The van der Waals surface area contributed by atoms with Gasteiger partial charge < -0.3 is 10.6 Å². The lowest BCUT2D eigenvalue weighted by molar-refractivity contribution is 0.0955. The lowest BCUT2D eigenvalue weighted by Gasteiger charge is -2.08. The molecule has 0 saturated heterocycles. The number of hydrogen-bond donors (Lipinski definition) is 2. The van der Waals surface area contributed by atoms with Gasteiger partial charge in [-0.15, -0.1) is 24.8 Å². The Balaban J connectivity index is 0.00000242. The van der Waals surface area contributed by atoms with Gasteiger partial charge in [-0.2, -0.15) is 5.10 Å². The van der Waals surface area contributed by atoms with E-state index in [1.165, 1.54) is 0 Å². The van der Waals surface area contributed by atoms with Crippen LogP contribution in [0.4, 0.5) is 0 Å². The summed E-state index contributed by atoms with van der Waals surface area (Å²) in [5.74, 6) is -0.0695. The van der Waals surface area contributed by atoms with E-state index in [1.54, 1.807) is 4.68 Å². The molecule has 0 unspecified atom stereocenters. The maximum absolute atomic E-state index is 12.4. The Morgan fingerprint density at radius 2 is 1.91 bits per heavy atom. The van der Waals surface area contributed by atoms with Crippen molar-refractivity contribution < 1.29 is 4.79 Å². The SMILES string of the molecule is CCCNCCNC(=O)c1cc(C)nc2c1c(C)nn2C.Cl.Cl. The number of aromatic nitrogens is 3. The van der Waals surface area contributed by atoms with Crippen molar-refractivity contribution in [2.45, 2.75) is 27.2 Å². The van der Waals surface area contributed by atoms with Crippen LogP contribution in [0.2, 0.25) is 0 Å². The van der Waals surface area contributed by atoms with E-state index in [4.69, 9.17) is 0 Å². The molecule has 0 aromatic carbocycles. The van der Waals surface area contributed by atoms with Gasteiger partial charge in [-0.3, -0.25) is 9.48 Å². The summed E-state index contributed by atoms with van der Waals surface area (Å²) in [7, 11) is 1.85. The third-order valence-electron chi connectivity index (χ3n) is 3.36. The van der Waals surface area contributed by atoms with Gasteiger partial charge in [0.25, 0.3) is 5.91 Å². The van der Waals surface area contributed by atoms with Crippen molar-refractivity contribution >= 4 is 41.8 Å². The summed E-state index contributed by atoms with van der Waals surface area (Å²) in [5.41, 5.74) is 3.05. The van der Waals surface area contributed by atoms with Crippen molar-refractivity contribution in [2.24, 2.45) is 7.05 Å². The predicted octanol–water partition coefficient (Wildman–Crippen LogP) is 2.16. The molecule has 0 radical (unpaired) electrons. The van der Waals surface area contributed by atoms with Gasteiger partial charge in [0, 0.05) is 25.8 Å². The molecule has 130 valence electrons. The van der Waals surface area contributed by atoms with Crippen LogP contribution < -0.4 is 10.6 Å². The third kappa shape index (κ3) is 5.06. The Labute approximate surface area is 149 Å². The van der Waals surface area contributed by atoms with Gasteiger partial charge in [0.1, 0.15) is 0 Å². The Morgan fingerprint density at radius 1 is 1.22 bits per heavy atom. The Kier molecular flexibility index (Phi) is 9.12. The number of nitrogens with one attached hydrogen (secondary N) is 2. The van der Waals surface area contributed by atoms with Crippen LogP contribution >= 0.6 is 24.8 Å². The van der Waals surface area contributed by atoms with Gasteiger partial charge in [0.05, 0.1) is 16.6 Å². The zero-order chi connectivity index (χ0) is 15.4. The van der Waals surface area contributed by atoms with Crippen molar-refractivity contribution in [3.05, 3.63) is 23.0 Å². The highest BCUT2D eigenvalue weighted by molar-refractivity contribution is 6.06. The first-order chi connectivity index (χ1) is 10.0. The van der Waals surface area contributed by atoms with E-state index in [9.17, 15) is 4.79 Å². The number of nitrogens with zero attached hydrogens (tertiary/aromatic N) is 3. The van der Waals surface area contributed by atoms with Gasteiger partial charge in [-0.05, 0) is 32.9 Å². The maximum Gasteiger partial charge on any atom is 0.252 e. The molecule has 0 aliphatic carbocycles. The topological polar surface area (TPSA) is 71.8 Å². The van der Waals surface area contributed by atoms with E-state index in [2.05, 4.69) is 27.6 Å². The van der Waals surface area contributed by atoms with Crippen LogP contribution in [0.25, 0.3) is 11.0 Å². The van der Waals surface area contributed by atoms with Crippen molar-refractivity contribution in [1.29, 1.82) is 0 Å². The van der Waals surface area contributed by atoms with Crippen molar-refractivity contribution in [3.8, 4) is 0 Å². The second-order valence-electron chi connectivity index (χ2n) is 5.22. The standard InChI is InChI=1S/C15H23N5O.2ClH/c1-5-6-16-7-8-17-15(21)12-9-10(2)18-14-13(12)11(3)19-20(14)4;;/h9,16H,5-8H2,1-4H3,(H,17,21);2*1H. The van der Waals surface area contributed by atoms with E-state index < -0.39 is 0 Å². The molecule has 0 saturated carbocycles. The predicted molar refractivity (Wildman–Crippen MR) is 98.0 cm³/mol. The first-order valence-electron chi connectivity index (χ1n) is 7.34. The first-order valence-corrected chi connectivity index (χ1v) is 7.34. The van der Waals surface area contributed by atoms with Crippen LogP contribution in [0.5, 0.6) is 0 Å². The number of halogens is 2. The molecule has 0 aliphatic rings. The fourth-order valence-corrected chi connectivity index (χ4v) is 2.41. The van der Waals surface area contributed by atoms with Crippen LogP contribution in [-0.2, 0) is 7.05 Å². The molecular weight excluding hydrogens is 337 g/mol. The smallest absolute Gasteiger partial charge is 0.252 e. The highest BCUT2D eigenvalue weighted by Crippen LogP contribution is 2.21. The maximum atomic E-state index is 12.4.